The van der Waals surface area contributed by atoms with Gasteiger partial charge >= 0.3 is 0 Å². The number of aryl methyl sites for hydroxylation is 1. The minimum absolute atomic E-state index is 0.0115. The minimum atomic E-state index is -0.0115. The van der Waals surface area contributed by atoms with Crippen molar-refractivity contribution in [3.05, 3.63) is 47.4 Å². The van der Waals surface area contributed by atoms with E-state index in [0.717, 1.165) is 35.6 Å². The van der Waals surface area contributed by atoms with E-state index in [0.29, 0.717) is 25.4 Å². The molecule has 1 N–H and O–H groups in total. The van der Waals surface area contributed by atoms with Crippen molar-refractivity contribution >= 4 is 11.5 Å². The van der Waals surface area contributed by atoms with Gasteiger partial charge in [0.1, 0.15) is 12.1 Å². The van der Waals surface area contributed by atoms with E-state index in [1.54, 1.807) is 18.5 Å². The maximum Gasteiger partial charge on any atom is 0.139 e. The highest BCUT2D eigenvalue weighted by Gasteiger charge is 2.28. The molecule has 2 aromatic rings. The van der Waals surface area contributed by atoms with Crippen LogP contribution in [0.25, 0.3) is 0 Å². The molecule has 3 rings (SSSR count). The normalized spacial score (nSPS) is 15.8. The Morgan fingerprint density at radius 2 is 2.08 bits per heavy atom. The van der Waals surface area contributed by atoms with Crippen LogP contribution in [-0.2, 0) is 15.9 Å². The number of ether oxygens (including phenoxy) is 2. The molecular formula is C18H20N4O2. The van der Waals surface area contributed by atoms with Gasteiger partial charge < -0.3 is 14.8 Å². The monoisotopic (exact) mass is 324 g/mol. The van der Waals surface area contributed by atoms with Gasteiger partial charge in [0, 0.05) is 17.9 Å². The third-order valence-corrected chi connectivity index (χ3v) is 3.96. The Bertz CT molecular complexity index is 725. The second-order valence-corrected chi connectivity index (χ2v) is 5.49. The van der Waals surface area contributed by atoms with Crippen LogP contribution in [-0.4, -0.2) is 29.8 Å². The third kappa shape index (κ3) is 3.70. The van der Waals surface area contributed by atoms with E-state index in [1.165, 1.54) is 0 Å². The van der Waals surface area contributed by atoms with Gasteiger partial charge in [-0.05, 0) is 44.0 Å². The Morgan fingerprint density at radius 3 is 2.83 bits per heavy atom. The zero-order valence-corrected chi connectivity index (χ0v) is 13.7. The molecule has 1 aliphatic rings. The lowest BCUT2D eigenvalue weighted by Gasteiger charge is -2.16. The predicted octanol–water partition coefficient (Wildman–Crippen LogP) is 3.13. The van der Waals surface area contributed by atoms with Crippen LogP contribution in [0.2, 0.25) is 0 Å². The van der Waals surface area contributed by atoms with Crippen molar-refractivity contribution in [1.29, 1.82) is 5.26 Å². The first-order valence-corrected chi connectivity index (χ1v) is 8.12. The fraction of sp³-hybridized carbons (Fsp3) is 0.389. The first-order valence-electron chi connectivity index (χ1n) is 8.12. The lowest BCUT2D eigenvalue weighted by Crippen LogP contribution is -2.10. The fourth-order valence-electron chi connectivity index (χ4n) is 2.81. The molecule has 1 aromatic carbocycles. The molecule has 1 unspecified atom stereocenters. The second-order valence-electron chi connectivity index (χ2n) is 5.49. The lowest BCUT2D eigenvalue weighted by molar-refractivity contribution is 0.00759. The molecule has 0 saturated heterocycles. The molecule has 0 spiro atoms. The van der Waals surface area contributed by atoms with Crippen LogP contribution >= 0.6 is 0 Å². The summed E-state index contributed by atoms with van der Waals surface area (Å²) < 4.78 is 11.3. The lowest BCUT2D eigenvalue weighted by atomic mass is 10.2. The Labute approximate surface area is 141 Å². The van der Waals surface area contributed by atoms with Gasteiger partial charge in [0.05, 0.1) is 36.6 Å². The van der Waals surface area contributed by atoms with Gasteiger partial charge in [-0.2, -0.15) is 5.26 Å². The van der Waals surface area contributed by atoms with Crippen LogP contribution in [0.3, 0.4) is 0 Å². The maximum atomic E-state index is 8.88. The summed E-state index contributed by atoms with van der Waals surface area (Å²) in [6, 6.07) is 9.41. The van der Waals surface area contributed by atoms with Crippen LogP contribution in [0, 0.1) is 11.3 Å². The van der Waals surface area contributed by atoms with Crippen LogP contribution in [0.1, 0.15) is 36.3 Å². The van der Waals surface area contributed by atoms with Gasteiger partial charge in [-0.25, -0.2) is 9.97 Å². The van der Waals surface area contributed by atoms with Gasteiger partial charge in [-0.1, -0.05) is 0 Å². The SMILES string of the molecule is CCOCCOC1CCc2ncnc(Nc3ccc(C#N)cc3)c21. The van der Waals surface area contributed by atoms with Gasteiger partial charge in [0.25, 0.3) is 0 Å². The first kappa shape index (κ1) is 16.4. The molecule has 0 amide bonds. The number of hydrogen-bond acceptors (Lipinski definition) is 6. The molecule has 24 heavy (non-hydrogen) atoms. The zero-order valence-electron chi connectivity index (χ0n) is 13.7. The van der Waals surface area contributed by atoms with Crippen molar-refractivity contribution in [2.75, 3.05) is 25.1 Å². The van der Waals surface area contributed by atoms with Gasteiger partial charge in [-0.3, -0.25) is 0 Å². The summed E-state index contributed by atoms with van der Waals surface area (Å²) in [5.41, 5.74) is 3.57. The predicted molar refractivity (Wildman–Crippen MR) is 90.0 cm³/mol. The van der Waals surface area contributed by atoms with Crippen LogP contribution in [0.5, 0.6) is 0 Å². The largest absolute Gasteiger partial charge is 0.379 e. The van der Waals surface area contributed by atoms with Gasteiger partial charge in [0.2, 0.25) is 0 Å². The molecule has 1 aromatic heterocycles. The molecule has 1 aliphatic carbocycles. The molecule has 1 atom stereocenters. The Morgan fingerprint density at radius 1 is 1.25 bits per heavy atom. The molecule has 1 heterocycles. The number of hydrogen-bond donors (Lipinski definition) is 1. The van der Waals surface area contributed by atoms with E-state index in [9.17, 15) is 0 Å². The highest BCUT2D eigenvalue weighted by atomic mass is 16.5. The number of benzene rings is 1. The zero-order chi connectivity index (χ0) is 16.8. The molecule has 6 nitrogen and oxygen atoms in total. The molecule has 0 fully saturated rings. The number of fused-ring (bicyclic) bond motifs is 1. The number of nitrogens with zero attached hydrogens (tertiary/aromatic N) is 3. The minimum Gasteiger partial charge on any atom is -0.379 e. The number of anilines is 2. The van der Waals surface area contributed by atoms with Crippen molar-refractivity contribution in [1.82, 2.24) is 9.97 Å². The smallest absolute Gasteiger partial charge is 0.139 e. The third-order valence-electron chi connectivity index (χ3n) is 3.96. The highest BCUT2D eigenvalue weighted by Crippen LogP contribution is 2.37. The van der Waals surface area contributed by atoms with Crippen molar-refractivity contribution in [3.8, 4) is 6.07 Å². The van der Waals surface area contributed by atoms with Crippen molar-refractivity contribution in [2.24, 2.45) is 0 Å². The number of nitrogens with one attached hydrogen (secondary N) is 1. The van der Waals surface area contributed by atoms with E-state index in [-0.39, 0.29) is 6.10 Å². The quantitative estimate of drug-likeness (QED) is 0.788. The number of aromatic nitrogens is 2. The molecule has 6 heteroatoms. The summed E-state index contributed by atoms with van der Waals surface area (Å²) in [7, 11) is 0. The van der Waals surface area contributed by atoms with E-state index in [1.807, 2.05) is 19.1 Å². The average Bonchev–Trinajstić information content (AvgIpc) is 3.04. The van der Waals surface area contributed by atoms with Gasteiger partial charge in [-0.15, -0.1) is 0 Å². The molecule has 0 saturated carbocycles. The molecule has 0 bridgehead atoms. The summed E-state index contributed by atoms with van der Waals surface area (Å²) in [6.45, 7) is 3.81. The Kier molecular flexibility index (Phi) is 5.36. The van der Waals surface area contributed by atoms with Gasteiger partial charge in [0.15, 0.2) is 0 Å². The number of rotatable bonds is 7. The summed E-state index contributed by atoms with van der Waals surface area (Å²) in [4.78, 5) is 8.76. The summed E-state index contributed by atoms with van der Waals surface area (Å²) in [5.74, 6) is 0.767. The highest BCUT2D eigenvalue weighted by molar-refractivity contribution is 5.62. The Hall–Kier alpha value is -2.49. The molecule has 0 radical (unpaired) electrons. The molecule has 0 aliphatic heterocycles. The van der Waals surface area contributed by atoms with E-state index >= 15 is 0 Å². The second kappa shape index (κ2) is 7.86. The van der Waals surface area contributed by atoms with Crippen molar-refractivity contribution in [2.45, 2.75) is 25.9 Å². The van der Waals surface area contributed by atoms with Crippen molar-refractivity contribution in [3.63, 3.8) is 0 Å². The van der Waals surface area contributed by atoms with Crippen molar-refractivity contribution < 1.29 is 9.47 Å². The maximum absolute atomic E-state index is 8.88. The summed E-state index contributed by atoms with van der Waals surface area (Å²) >= 11 is 0. The number of nitriles is 1. The fourth-order valence-corrected chi connectivity index (χ4v) is 2.81. The molecular weight excluding hydrogens is 304 g/mol. The Balaban J connectivity index is 1.75. The standard InChI is InChI=1S/C18H20N4O2/c1-2-23-9-10-24-16-8-7-15-17(16)18(21-12-20-15)22-14-5-3-13(11-19)4-6-14/h3-6,12,16H,2,7-10H2,1H3,(H,20,21,22). The van der Waals surface area contributed by atoms with Crippen LogP contribution in [0.4, 0.5) is 11.5 Å². The van der Waals surface area contributed by atoms with Crippen LogP contribution < -0.4 is 5.32 Å². The van der Waals surface area contributed by atoms with Crippen LogP contribution in [0.15, 0.2) is 30.6 Å². The average molecular weight is 324 g/mol. The van der Waals surface area contributed by atoms with E-state index in [4.69, 9.17) is 14.7 Å². The van der Waals surface area contributed by atoms with E-state index in [2.05, 4.69) is 21.4 Å². The molecule has 124 valence electrons. The topological polar surface area (TPSA) is 80.1 Å². The first-order chi connectivity index (χ1) is 11.8. The summed E-state index contributed by atoms with van der Waals surface area (Å²) in [6.07, 6.45) is 3.36. The van der Waals surface area contributed by atoms with E-state index < -0.39 is 0 Å². The summed E-state index contributed by atoms with van der Waals surface area (Å²) in [5, 5.41) is 12.2.